The summed E-state index contributed by atoms with van der Waals surface area (Å²) in [5.41, 5.74) is 4.59. The largest absolute Gasteiger partial charge is 0.504 e. The van der Waals surface area contributed by atoms with Crippen LogP contribution in [0.25, 0.3) is 22.4 Å². The molecule has 2 N–H and O–H groups in total. The van der Waals surface area contributed by atoms with Gasteiger partial charge in [-0.1, -0.05) is 6.07 Å². The number of nitriles is 1. The first kappa shape index (κ1) is 19.1. The maximum absolute atomic E-state index is 10.3. The van der Waals surface area contributed by atoms with Gasteiger partial charge in [-0.25, -0.2) is 0 Å². The molecule has 0 spiro atoms. The molecule has 0 aliphatic carbocycles. The minimum absolute atomic E-state index is 0.0166. The number of methoxy groups -OCH3 is 1. The lowest BCUT2D eigenvalue weighted by Crippen LogP contribution is -2.28. The summed E-state index contributed by atoms with van der Waals surface area (Å²) in [6, 6.07) is 13.1. The van der Waals surface area contributed by atoms with Gasteiger partial charge in [0.25, 0.3) is 0 Å². The molecule has 0 atom stereocenters. The van der Waals surface area contributed by atoms with Crippen molar-refractivity contribution < 1.29 is 19.3 Å². The van der Waals surface area contributed by atoms with Gasteiger partial charge in [0.1, 0.15) is 17.1 Å². The lowest BCUT2D eigenvalue weighted by Gasteiger charge is -2.25. The third-order valence-corrected chi connectivity index (χ3v) is 5.80. The van der Waals surface area contributed by atoms with E-state index < -0.39 is 0 Å². The number of nitrogens with one attached hydrogen (secondary N) is 1. The molecule has 0 amide bonds. The molecule has 1 aromatic heterocycles. The molecule has 3 heterocycles. The van der Waals surface area contributed by atoms with Gasteiger partial charge >= 0.3 is 0 Å². The van der Waals surface area contributed by atoms with Crippen molar-refractivity contribution in [2.45, 2.75) is 19.4 Å². The number of hydrogen-bond acceptors (Lipinski definition) is 6. The summed E-state index contributed by atoms with van der Waals surface area (Å²) in [5, 5.41) is 28.8. The maximum Gasteiger partial charge on any atom is 0.161 e. The van der Waals surface area contributed by atoms with Crippen molar-refractivity contribution in [3.8, 4) is 51.5 Å². The molecular weight excluding hydrogens is 394 g/mol. The average molecular weight is 415 g/mol. The number of hydrogen-bond donors (Lipinski definition) is 2. The van der Waals surface area contributed by atoms with Crippen molar-refractivity contribution in [3.05, 3.63) is 53.0 Å². The van der Waals surface area contributed by atoms with Crippen LogP contribution in [0.4, 0.5) is 0 Å². The molecule has 3 aromatic rings. The van der Waals surface area contributed by atoms with Crippen LogP contribution in [-0.2, 0) is 13.0 Å². The molecule has 0 bridgehead atoms. The van der Waals surface area contributed by atoms with E-state index in [1.807, 2.05) is 22.8 Å². The van der Waals surface area contributed by atoms with Crippen LogP contribution in [0.15, 0.2) is 36.4 Å². The standard InChI is InChI=1S/C24H21N3O4/c1-29-21-4-3-14(9-20(21)28)16-11-19-17-12-23-22(30-7-2-8-31-23)10-15(17)5-6-27(19)24(26)18(16)13-25/h3-4,9-12,26,28H,2,5-8H2,1H3. The number of aryl methyl sites for hydroxylation is 1. The number of fused-ring (bicyclic) bond motifs is 4. The number of phenolic OH excluding ortho intramolecular Hbond substituents is 1. The Morgan fingerprint density at radius 1 is 1.10 bits per heavy atom. The van der Waals surface area contributed by atoms with E-state index in [9.17, 15) is 10.4 Å². The molecular formula is C24H21N3O4. The predicted molar refractivity (Wildman–Crippen MR) is 113 cm³/mol. The van der Waals surface area contributed by atoms with Crippen molar-refractivity contribution >= 4 is 0 Å². The first-order chi connectivity index (χ1) is 15.1. The summed E-state index contributed by atoms with van der Waals surface area (Å²) in [5.74, 6) is 1.79. The Morgan fingerprint density at radius 3 is 2.58 bits per heavy atom. The molecule has 0 saturated heterocycles. The van der Waals surface area contributed by atoms with Crippen LogP contribution in [-0.4, -0.2) is 30.0 Å². The van der Waals surface area contributed by atoms with Gasteiger partial charge in [-0.15, -0.1) is 0 Å². The van der Waals surface area contributed by atoms with Crippen molar-refractivity contribution in [3.63, 3.8) is 0 Å². The topological polar surface area (TPSA) is 100 Å². The molecule has 2 aliphatic heterocycles. The third kappa shape index (κ3) is 3.08. The zero-order valence-corrected chi connectivity index (χ0v) is 17.1. The second-order valence-corrected chi connectivity index (χ2v) is 7.57. The lowest BCUT2D eigenvalue weighted by atomic mass is 9.92. The number of phenols is 1. The number of pyridine rings is 1. The van der Waals surface area contributed by atoms with E-state index in [0.717, 1.165) is 35.4 Å². The molecule has 2 aromatic carbocycles. The number of benzene rings is 2. The number of aromatic hydroxyl groups is 1. The summed E-state index contributed by atoms with van der Waals surface area (Å²) in [4.78, 5) is 0. The van der Waals surface area contributed by atoms with Crippen molar-refractivity contribution in [2.24, 2.45) is 0 Å². The van der Waals surface area contributed by atoms with E-state index in [4.69, 9.17) is 19.6 Å². The van der Waals surface area contributed by atoms with Crippen LogP contribution in [0.2, 0.25) is 0 Å². The highest BCUT2D eigenvalue weighted by molar-refractivity contribution is 5.79. The highest BCUT2D eigenvalue weighted by Gasteiger charge is 2.24. The average Bonchev–Trinajstić information content (AvgIpc) is 3.02. The monoisotopic (exact) mass is 415 g/mol. The van der Waals surface area contributed by atoms with E-state index in [2.05, 4.69) is 6.07 Å². The zero-order valence-electron chi connectivity index (χ0n) is 17.1. The Balaban J connectivity index is 1.73. The minimum Gasteiger partial charge on any atom is -0.504 e. The number of aromatic nitrogens is 1. The first-order valence-electron chi connectivity index (χ1n) is 10.1. The molecule has 0 unspecified atom stereocenters. The van der Waals surface area contributed by atoms with Gasteiger partial charge in [-0.05, 0) is 47.9 Å². The minimum atomic E-state index is -0.0166. The molecule has 5 rings (SSSR count). The molecule has 7 heteroatoms. The SMILES string of the molecule is COc1ccc(-c2cc3n(c(=N)c2C#N)CCc2cc4c(cc2-3)OCCCO4)cc1O. The number of rotatable bonds is 2. The second kappa shape index (κ2) is 7.40. The molecule has 0 saturated carbocycles. The van der Waals surface area contributed by atoms with Gasteiger partial charge < -0.3 is 23.9 Å². The zero-order chi connectivity index (χ0) is 21.5. The highest BCUT2D eigenvalue weighted by Crippen LogP contribution is 2.41. The van der Waals surface area contributed by atoms with E-state index >= 15 is 0 Å². The first-order valence-corrected chi connectivity index (χ1v) is 10.1. The van der Waals surface area contributed by atoms with Crippen LogP contribution >= 0.6 is 0 Å². The highest BCUT2D eigenvalue weighted by atomic mass is 16.5. The summed E-state index contributed by atoms with van der Waals surface area (Å²) in [7, 11) is 1.48. The molecule has 156 valence electrons. The van der Waals surface area contributed by atoms with Gasteiger partial charge in [0, 0.05) is 24.1 Å². The number of ether oxygens (including phenoxy) is 3. The van der Waals surface area contributed by atoms with Crippen molar-refractivity contribution in [1.29, 1.82) is 10.7 Å². The Morgan fingerprint density at radius 2 is 1.87 bits per heavy atom. The molecule has 0 radical (unpaired) electrons. The van der Waals surface area contributed by atoms with Gasteiger partial charge in [0.05, 0.1) is 26.0 Å². The van der Waals surface area contributed by atoms with Crippen LogP contribution in [0, 0.1) is 16.7 Å². The van der Waals surface area contributed by atoms with Crippen LogP contribution in [0.5, 0.6) is 23.0 Å². The normalized spacial score (nSPS) is 14.1. The van der Waals surface area contributed by atoms with Crippen molar-refractivity contribution in [2.75, 3.05) is 20.3 Å². The van der Waals surface area contributed by atoms with Crippen LogP contribution in [0.1, 0.15) is 17.5 Å². The summed E-state index contributed by atoms with van der Waals surface area (Å²) in [6.07, 6.45) is 1.57. The van der Waals surface area contributed by atoms with E-state index in [1.54, 1.807) is 18.2 Å². The van der Waals surface area contributed by atoms with E-state index in [0.29, 0.717) is 42.4 Å². The van der Waals surface area contributed by atoms with Gasteiger partial charge in [0.2, 0.25) is 0 Å². The maximum atomic E-state index is 10.3. The van der Waals surface area contributed by atoms with Crippen LogP contribution in [0.3, 0.4) is 0 Å². The molecule has 2 aliphatic rings. The quantitative estimate of drug-likeness (QED) is 0.666. The summed E-state index contributed by atoms with van der Waals surface area (Å²) < 4.78 is 18.7. The van der Waals surface area contributed by atoms with Crippen LogP contribution < -0.4 is 19.7 Å². The second-order valence-electron chi connectivity index (χ2n) is 7.57. The Kier molecular flexibility index (Phi) is 4.55. The van der Waals surface area contributed by atoms with Gasteiger partial charge in [-0.3, -0.25) is 5.41 Å². The van der Waals surface area contributed by atoms with E-state index in [-0.39, 0.29) is 16.8 Å². The Labute approximate surface area is 179 Å². The van der Waals surface area contributed by atoms with Gasteiger partial charge in [0.15, 0.2) is 23.0 Å². The molecule has 0 fully saturated rings. The van der Waals surface area contributed by atoms with Crippen molar-refractivity contribution in [1.82, 2.24) is 4.57 Å². The fourth-order valence-corrected chi connectivity index (χ4v) is 4.25. The Bertz CT molecular complexity index is 1300. The fraction of sp³-hybridized carbons (Fsp3) is 0.250. The van der Waals surface area contributed by atoms with Gasteiger partial charge in [-0.2, -0.15) is 5.26 Å². The molecule has 31 heavy (non-hydrogen) atoms. The Hall–Kier alpha value is -3.92. The van der Waals surface area contributed by atoms with E-state index in [1.165, 1.54) is 7.11 Å². The smallest absolute Gasteiger partial charge is 0.161 e. The summed E-state index contributed by atoms with van der Waals surface area (Å²) in [6.45, 7) is 1.83. The molecule has 7 nitrogen and oxygen atoms in total. The predicted octanol–water partition coefficient (Wildman–Crippen LogP) is 3.60. The lowest BCUT2D eigenvalue weighted by molar-refractivity contribution is 0.297. The summed E-state index contributed by atoms with van der Waals surface area (Å²) >= 11 is 0. The third-order valence-electron chi connectivity index (χ3n) is 5.80. The number of nitrogens with zero attached hydrogens (tertiary/aromatic N) is 2. The fourth-order valence-electron chi connectivity index (χ4n) is 4.25.